The maximum absolute atomic E-state index is 6.47. The van der Waals surface area contributed by atoms with Crippen molar-refractivity contribution >= 4 is 66.2 Å². The molecule has 0 spiro atoms. The quantitative estimate of drug-likeness (QED) is 0.279. The second kappa shape index (κ2) is 5.00. The molecular weight excluding hydrogens is 368 g/mol. The summed E-state index contributed by atoms with van der Waals surface area (Å²) in [4.78, 5) is 5.06. The first-order valence-electron chi connectivity index (χ1n) is 10.5. The third-order valence-electron chi connectivity index (χ3n) is 6.77. The SMILES string of the molecule is C1=Cc2oc3c(ccc4c5cccc6c7nc8ccccc8cc7n(c56)c43)c2CC1. The van der Waals surface area contributed by atoms with Crippen LogP contribution in [0.25, 0.3) is 66.2 Å². The van der Waals surface area contributed by atoms with E-state index in [4.69, 9.17) is 9.40 Å². The number of benzene rings is 3. The summed E-state index contributed by atoms with van der Waals surface area (Å²) in [7, 11) is 0. The lowest BCUT2D eigenvalue weighted by atomic mass is 10.00. The second-order valence-electron chi connectivity index (χ2n) is 8.31. The van der Waals surface area contributed by atoms with Crippen molar-refractivity contribution in [2.45, 2.75) is 12.8 Å². The molecule has 1 aliphatic rings. The highest BCUT2D eigenvalue weighted by molar-refractivity contribution is 6.26. The molecule has 0 aliphatic heterocycles. The highest BCUT2D eigenvalue weighted by atomic mass is 16.3. The topological polar surface area (TPSA) is 30.4 Å². The van der Waals surface area contributed by atoms with Gasteiger partial charge in [-0.05, 0) is 31.1 Å². The fraction of sp³-hybridized carbons (Fsp3) is 0.0741. The number of nitrogens with zero attached hydrogens (tertiary/aromatic N) is 2. The molecule has 4 heterocycles. The van der Waals surface area contributed by atoms with Crippen LogP contribution in [0.5, 0.6) is 0 Å². The van der Waals surface area contributed by atoms with Crippen molar-refractivity contribution in [2.24, 2.45) is 0 Å². The minimum Gasteiger partial charge on any atom is -0.454 e. The van der Waals surface area contributed by atoms with Crippen LogP contribution in [0.3, 0.4) is 0 Å². The molecule has 140 valence electrons. The maximum Gasteiger partial charge on any atom is 0.159 e. The monoisotopic (exact) mass is 384 g/mol. The molecule has 30 heavy (non-hydrogen) atoms. The molecule has 0 saturated heterocycles. The van der Waals surface area contributed by atoms with E-state index in [0.29, 0.717) is 0 Å². The van der Waals surface area contributed by atoms with Crippen LogP contribution in [0.2, 0.25) is 0 Å². The van der Waals surface area contributed by atoms with Crippen molar-refractivity contribution < 1.29 is 4.42 Å². The van der Waals surface area contributed by atoms with Crippen LogP contribution >= 0.6 is 0 Å². The van der Waals surface area contributed by atoms with Crippen molar-refractivity contribution in [3.8, 4) is 0 Å². The van der Waals surface area contributed by atoms with E-state index in [0.717, 1.165) is 51.6 Å². The summed E-state index contributed by atoms with van der Waals surface area (Å²) in [6.45, 7) is 0. The average molecular weight is 384 g/mol. The van der Waals surface area contributed by atoms with Crippen molar-refractivity contribution in [3.05, 3.63) is 78.1 Å². The fourth-order valence-electron chi connectivity index (χ4n) is 5.49. The summed E-state index contributed by atoms with van der Waals surface area (Å²) < 4.78 is 8.86. The molecule has 0 unspecified atom stereocenters. The normalized spacial score (nSPS) is 14.3. The molecule has 4 aromatic heterocycles. The standard InChI is InChI=1S/C27H16N2O/c1-3-10-21-15(6-1)14-22-24(28-21)20-9-5-8-17-18-12-13-19-16-7-2-4-11-23(16)30-27(19)26(18)29(22)25(17)20/h1,3-6,8-14H,2,7H2. The molecule has 0 fully saturated rings. The van der Waals surface area contributed by atoms with Gasteiger partial charge in [0.05, 0.1) is 27.6 Å². The van der Waals surface area contributed by atoms with Gasteiger partial charge in [0.2, 0.25) is 0 Å². The Labute approximate surface area is 171 Å². The van der Waals surface area contributed by atoms with Crippen molar-refractivity contribution in [1.82, 2.24) is 9.38 Å². The van der Waals surface area contributed by atoms with Gasteiger partial charge in [0.15, 0.2) is 5.58 Å². The molecule has 0 atom stereocenters. The number of aromatic nitrogens is 2. The van der Waals surface area contributed by atoms with Gasteiger partial charge in [0.25, 0.3) is 0 Å². The van der Waals surface area contributed by atoms with Gasteiger partial charge in [-0.1, -0.05) is 54.6 Å². The summed E-state index contributed by atoms with van der Waals surface area (Å²) in [5, 5.41) is 6.11. The number of furan rings is 1. The zero-order valence-electron chi connectivity index (χ0n) is 16.1. The van der Waals surface area contributed by atoms with E-state index < -0.39 is 0 Å². The second-order valence-corrected chi connectivity index (χ2v) is 8.31. The number of rotatable bonds is 0. The number of hydrogen-bond donors (Lipinski definition) is 0. The number of para-hydroxylation sites is 2. The smallest absolute Gasteiger partial charge is 0.159 e. The number of hydrogen-bond acceptors (Lipinski definition) is 2. The number of allylic oxidation sites excluding steroid dienone is 1. The van der Waals surface area contributed by atoms with E-state index in [1.165, 1.54) is 32.6 Å². The third kappa shape index (κ3) is 1.63. The van der Waals surface area contributed by atoms with Gasteiger partial charge in [0.1, 0.15) is 5.76 Å². The van der Waals surface area contributed by atoms with E-state index >= 15 is 0 Å². The van der Waals surface area contributed by atoms with Crippen LogP contribution in [-0.2, 0) is 6.42 Å². The summed E-state index contributed by atoms with van der Waals surface area (Å²) in [5.74, 6) is 1.01. The Morgan fingerprint density at radius 2 is 1.70 bits per heavy atom. The molecule has 7 aromatic rings. The van der Waals surface area contributed by atoms with E-state index in [9.17, 15) is 0 Å². The molecule has 0 amide bonds. The van der Waals surface area contributed by atoms with Crippen LogP contribution in [0.15, 0.2) is 71.2 Å². The Hall–Kier alpha value is -3.85. The molecule has 3 heteroatoms. The highest BCUT2D eigenvalue weighted by Gasteiger charge is 2.23. The zero-order valence-corrected chi connectivity index (χ0v) is 16.1. The van der Waals surface area contributed by atoms with Crippen molar-refractivity contribution in [2.75, 3.05) is 0 Å². The van der Waals surface area contributed by atoms with Gasteiger partial charge in [-0.15, -0.1) is 0 Å². The van der Waals surface area contributed by atoms with Crippen LogP contribution in [0, 0.1) is 0 Å². The Morgan fingerprint density at radius 1 is 0.833 bits per heavy atom. The fourth-order valence-corrected chi connectivity index (χ4v) is 5.49. The lowest BCUT2D eigenvalue weighted by molar-refractivity contribution is 0.597. The molecule has 8 rings (SSSR count). The summed E-state index contributed by atoms with van der Waals surface area (Å²) in [6.07, 6.45) is 6.45. The third-order valence-corrected chi connectivity index (χ3v) is 6.77. The summed E-state index contributed by atoms with van der Waals surface area (Å²) in [6, 6.07) is 21.7. The van der Waals surface area contributed by atoms with E-state index in [1.54, 1.807) is 0 Å². The highest BCUT2D eigenvalue weighted by Crippen LogP contribution is 2.43. The maximum atomic E-state index is 6.47. The average Bonchev–Trinajstić information content (AvgIpc) is 3.43. The van der Waals surface area contributed by atoms with Gasteiger partial charge >= 0.3 is 0 Å². The van der Waals surface area contributed by atoms with Crippen molar-refractivity contribution in [3.63, 3.8) is 0 Å². The lowest BCUT2D eigenvalue weighted by Crippen LogP contribution is -1.89. The van der Waals surface area contributed by atoms with Gasteiger partial charge in [-0.2, -0.15) is 0 Å². The zero-order chi connectivity index (χ0) is 19.4. The van der Waals surface area contributed by atoms with Crippen LogP contribution < -0.4 is 0 Å². The van der Waals surface area contributed by atoms with Crippen LogP contribution in [-0.4, -0.2) is 9.38 Å². The van der Waals surface area contributed by atoms with Gasteiger partial charge in [0, 0.05) is 32.5 Å². The number of fused-ring (bicyclic) bond motifs is 11. The Kier molecular flexibility index (Phi) is 2.51. The molecular formula is C27H16N2O. The summed E-state index contributed by atoms with van der Waals surface area (Å²) >= 11 is 0. The Morgan fingerprint density at radius 3 is 2.70 bits per heavy atom. The molecule has 3 nitrogen and oxygen atoms in total. The van der Waals surface area contributed by atoms with E-state index in [1.807, 2.05) is 0 Å². The van der Waals surface area contributed by atoms with Crippen LogP contribution in [0.4, 0.5) is 0 Å². The van der Waals surface area contributed by atoms with Gasteiger partial charge in [-0.25, -0.2) is 4.98 Å². The molecule has 0 radical (unpaired) electrons. The van der Waals surface area contributed by atoms with Crippen molar-refractivity contribution in [1.29, 1.82) is 0 Å². The lowest BCUT2D eigenvalue weighted by Gasteiger charge is -2.02. The number of pyridine rings is 1. The van der Waals surface area contributed by atoms with Gasteiger partial charge < -0.3 is 8.82 Å². The molecule has 0 saturated carbocycles. The van der Waals surface area contributed by atoms with Gasteiger partial charge in [-0.3, -0.25) is 0 Å². The van der Waals surface area contributed by atoms with Crippen LogP contribution in [0.1, 0.15) is 17.7 Å². The van der Waals surface area contributed by atoms with E-state index in [2.05, 4.69) is 77.2 Å². The Balaban J connectivity index is 1.70. The van der Waals surface area contributed by atoms with E-state index in [-0.39, 0.29) is 0 Å². The molecule has 3 aromatic carbocycles. The largest absolute Gasteiger partial charge is 0.454 e. The first-order valence-corrected chi connectivity index (χ1v) is 10.5. The molecule has 0 N–H and O–H groups in total. The first kappa shape index (κ1) is 15.1. The first-order chi connectivity index (χ1) is 14.9. The molecule has 1 aliphatic carbocycles. The minimum atomic E-state index is 0.993. The predicted molar refractivity (Wildman–Crippen MR) is 124 cm³/mol. The predicted octanol–water partition coefficient (Wildman–Crippen LogP) is 7.09. The summed E-state index contributed by atoms with van der Waals surface area (Å²) in [5.41, 5.74) is 7.97. The Bertz CT molecular complexity index is 1850. The number of aryl methyl sites for hydroxylation is 1. The molecule has 0 bridgehead atoms. The minimum absolute atomic E-state index is 0.993.